The van der Waals surface area contributed by atoms with E-state index in [1.165, 1.54) is 75.6 Å². The molecule has 26 heteroatoms. The molecule has 11 nitrogen and oxygen atoms in total. The van der Waals surface area contributed by atoms with Gasteiger partial charge in [-0.2, -0.15) is 0 Å². The molecule has 0 aliphatic rings. The van der Waals surface area contributed by atoms with Crippen molar-refractivity contribution in [1.29, 1.82) is 0 Å². The van der Waals surface area contributed by atoms with Crippen molar-refractivity contribution in [3.05, 3.63) is 185 Å². The summed E-state index contributed by atoms with van der Waals surface area (Å²) in [4.78, 5) is 14.2. The van der Waals surface area contributed by atoms with Crippen LogP contribution in [0.4, 0.5) is 57.5 Å². The van der Waals surface area contributed by atoms with Crippen LogP contribution in [0, 0.1) is 5.41 Å². The maximum Gasteiger partial charge on any atom is 0.573 e. The Balaban J connectivity index is 1.52. The topological polar surface area (TPSA) is 126 Å². The fraction of sp³-hybridized carbons (Fsp3) is 0.339. The summed E-state index contributed by atoms with van der Waals surface area (Å²) in [6.07, 6.45) is -26.6. The molecule has 0 aromatic heterocycles. The molecule has 0 heterocycles. The number of alkyl halides is 15. The summed E-state index contributed by atoms with van der Waals surface area (Å²) < 4.78 is 197. The largest absolute Gasteiger partial charge is 0.573 e. The molecule has 0 aliphatic heterocycles. The summed E-state index contributed by atoms with van der Waals surface area (Å²) in [6, 6.07) is 29.7. The van der Waals surface area contributed by atoms with Crippen molar-refractivity contribution in [2.24, 2.45) is 5.41 Å². The number of benzene rings is 6. The van der Waals surface area contributed by atoms with Crippen LogP contribution in [0.5, 0.6) is 28.7 Å². The number of aliphatic hydroxyl groups is 1. The Morgan fingerprint density at radius 2 is 0.927 bits per heavy atom. The van der Waals surface area contributed by atoms with Gasteiger partial charge in [-0.3, -0.25) is 5.32 Å². The fourth-order valence-electron chi connectivity index (χ4n) is 8.89. The zero-order valence-electron chi connectivity index (χ0n) is 43.8. The third-order valence-corrected chi connectivity index (χ3v) is 13.8. The monoisotopic (exact) mass is 1230 g/mol. The van der Waals surface area contributed by atoms with Crippen molar-refractivity contribution >= 4 is 40.9 Å². The lowest BCUT2D eigenvalue weighted by atomic mass is 9.77. The van der Waals surface area contributed by atoms with Crippen molar-refractivity contribution in [3.63, 3.8) is 0 Å². The van der Waals surface area contributed by atoms with Gasteiger partial charge in [-0.05, 0) is 119 Å². The first-order valence-electron chi connectivity index (χ1n) is 24.1. The predicted molar refractivity (Wildman–Crippen MR) is 277 cm³/mol. The van der Waals surface area contributed by atoms with Crippen molar-refractivity contribution in [2.45, 2.75) is 106 Å². The average Bonchev–Trinajstić information content (AvgIpc) is 3.46. The quantitative estimate of drug-likeness (QED) is 0.0386. The van der Waals surface area contributed by atoms with Crippen molar-refractivity contribution in [2.75, 3.05) is 7.11 Å². The number of halogens is 15. The number of rotatable bonds is 20. The van der Waals surface area contributed by atoms with Gasteiger partial charge in [0.2, 0.25) is 10.2 Å². The summed E-state index contributed by atoms with van der Waals surface area (Å²) in [7, 11) is 1.21. The molecule has 2 unspecified atom stereocenters. The number of carbonyl (C=O) groups is 1. The molecule has 0 saturated carbocycles. The number of carbonyl (C=O) groups excluding carboxylic acids is 1. The van der Waals surface area contributed by atoms with E-state index in [-0.39, 0.29) is 45.6 Å². The Morgan fingerprint density at radius 1 is 0.524 bits per heavy atom. The fourth-order valence-corrected chi connectivity index (χ4v) is 9.00. The second kappa shape index (κ2) is 24.8. The van der Waals surface area contributed by atoms with Gasteiger partial charge < -0.3 is 43.6 Å². The van der Waals surface area contributed by atoms with Gasteiger partial charge in [-0.25, -0.2) is 4.79 Å². The molecule has 0 fully saturated rings. The third-order valence-electron chi connectivity index (χ3n) is 12.4. The van der Waals surface area contributed by atoms with Gasteiger partial charge in [0.25, 0.3) is 0 Å². The molecule has 0 spiro atoms. The zero-order chi connectivity index (χ0) is 60.9. The summed E-state index contributed by atoms with van der Waals surface area (Å²) >= 11 is 18.4. The van der Waals surface area contributed by atoms with E-state index in [9.17, 15) is 62.6 Å². The van der Waals surface area contributed by atoms with Crippen molar-refractivity contribution in [1.82, 2.24) is 10.6 Å². The summed E-state index contributed by atoms with van der Waals surface area (Å²) in [5, 5.41) is 17.8. The Labute approximate surface area is 477 Å². The van der Waals surface area contributed by atoms with Crippen LogP contribution in [0.15, 0.2) is 146 Å². The van der Waals surface area contributed by atoms with Crippen LogP contribution in [0.1, 0.15) is 79.7 Å². The Bertz CT molecular complexity index is 3010. The zero-order valence-corrected chi connectivity index (χ0v) is 46.1. The van der Waals surface area contributed by atoms with E-state index in [0.717, 1.165) is 60.7 Å². The van der Waals surface area contributed by atoms with Gasteiger partial charge in [0, 0.05) is 6.42 Å². The number of alkyl carbamates (subject to hydrolysis) is 1. The van der Waals surface area contributed by atoms with Crippen LogP contribution in [-0.2, 0) is 33.4 Å². The minimum absolute atomic E-state index is 0.0638. The minimum atomic E-state index is -5.26. The van der Waals surface area contributed by atoms with Crippen LogP contribution in [-0.4, -0.2) is 59.6 Å². The number of nitrogens with one attached hydrogen (secondary N) is 2. The van der Waals surface area contributed by atoms with Crippen LogP contribution in [0.25, 0.3) is 0 Å². The number of aliphatic hydroxyl groups excluding tert-OH is 1. The number of amides is 1. The normalized spacial score (nSPS) is 13.9. The van der Waals surface area contributed by atoms with Gasteiger partial charge in [0.05, 0.1) is 24.3 Å². The van der Waals surface area contributed by atoms with E-state index in [1.54, 1.807) is 51.1 Å². The number of hydrogen-bond acceptors (Lipinski definition) is 10. The van der Waals surface area contributed by atoms with Crippen LogP contribution in [0.2, 0.25) is 0 Å². The molecule has 6 rings (SSSR count). The standard InChI is InChI=1S/C56H51Cl3F12N2O9/c1-48(2,3)45(77-46(74)72-50(31-33-14-8-7-9-15-33,36-16-10-20-40(27-36)78-53(60,61)62)37-17-11-21-41(28-37)79-54(63,64)65)34-24-25-35(44(26-34)76-6)32-51(73-47(75)82-49(4,5)52(57,58)59,38-18-12-22-42(29-38)80-55(66,67)68)39-19-13-23-43(30-39)81-56(69,70)71/h7-30,45-46,72,74H,31-32H2,1-6H3,(H,73,75). The van der Waals surface area contributed by atoms with Crippen LogP contribution in [0.3, 0.4) is 0 Å². The molecule has 3 N–H and O–H groups in total. The molecule has 1 amide bonds. The summed E-state index contributed by atoms with van der Waals surface area (Å²) in [5.41, 5.74) is -7.13. The van der Waals surface area contributed by atoms with Crippen molar-refractivity contribution in [3.8, 4) is 28.7 Å². The predicted octanol–water partition coefficient (Wildman–Crippen LogP) is 15.8. The molecule has 0 saturated heterocycles. The first kappa shape index (κ1) is 64.7. The summed E-state index contributed by atoms with van der Waals surface area (Å²) in [5.74, 6) is -3.17. The molecule has 444 valence electrons. The number of hydrogen-bond donors (Lipinski definition) is 3. The van der Waals surface area contributed by atoms with E-state index >= 15 is 0 Å². The van der Waals surface area contributed by atoms with Gasteiger partial charge in [-0.15, -0.1) is 52.7 Å². The highest BCUT2D eigenvalue weighted by molar-refractivity contribution is 6.68. The Hall–Kier alpha value is -6.50. The van der Waals surface area contributed by atoms with E-state index < -0.39 is 99.4 Å². The number of methoxy groups -OCH3 is 1. The molecule has 6 aromatic carbocycles. The van der Waals surface area contributed by atoms with E-state index in [0.29, 0.717) is 5.56 Å². The molecule has 0 aliphatic carbocycles. The van der Waals surface area contributed by atoms with Gasteiger partial charge in [0.1, 0.15) is 28.7 Å². The molecule has 0 bridgehead atoms. The van der Waals surface area contributed by atoms with E-state index in [2.05, 4.69) is 29.6 Å². The minimum Gasteiger partial charge on any atom is -0.496 e. The van der Waals surface area contributed by atoms with Crippen LogP contribution >= 0.6 is 34.8 Å². The third kappa shape index (κ3) is 17.5. The molecular formula is C56H51Cl3F12N2O9. The average molecular weight is 1230 g/mol. The highest BCUT2D eigenvalue weighted by Crippen LogP contribution is 2.46. The first-order valence-corrected chi connectivity index (χ1v) is 25.3. The van der Waals surface area contributed by atoms with E-state index in [1.807, 2.05) is 0 Å². The molecule has 0 radical (unpaired) electrons. The van der Waals surface area contributed by atoms with Gasteiger partial charge in [0.15, 0.2) is 5.60 Å². The molecule has 82 heavy (non-hydrogen) atoms. The second-order valence-electron chi connectivity index (χ2n) is 19.9. The number of ether oxygens (including phenoxy) is 7. The Morgan fingerprint density at radius 3 is 1.29 bits per heavy atom. The molecular weight excluding hydrogens is 1180 g/mol. The second-order valence-corrected chi connectivity index (χ2v) is 22.2. The first-order chi connectivity index (χ1) is 37.8. The SMILES string of the molecule is COc1cc(C(OC(O)NC(Cc2ccccc2)(c2cccc(OC(F)(F)F)c2)c2cccc(OC(F)(F)F)c2)C(C)(C)C)ccc1CC(NC(=O)OC(C)(C)C(Cl)(Cl)Cl)(c1cccc(OC(F)(F)F)c1)c1cccc(OC(F)(F)F)c1. The lowest BCUT2D eigenvalue weighted by Gasteiger charge is -2.41. The molecule has 2 atom stereocenters. The van der Waals surface area contributed by atoms with Gasteiger partial charge in [-0.1, -0.05) is 147 Å². The Kier molecular flexibility index (Phi) is 19.5. The molecule has 6 aromatic rings. The highest BCUT2D eigenvalue weighted by atomic mass is 35.6. The lowest BCUT2D eigenvalue weighted by molar-refractivity contribution is -0.275. The van der Waals surface area contributed by atoms with E-state index in [4.69, 9.17) is 49.0 Å². The summed E-state index contributed by atoms with van der Waals surface area (Å²) in [6.45, 7) is 7.46. The van der Waals surface area contributed by atoms with Crippen LogP contribution < -0.4 is 34.3 Å². The van der Waals surface area contributed by atoms with Crippen molar-refractivity contribution < 1.29 is 95.7 Å². The highest BCUT2D eigenvalue weighted by Gasteiger charge is 2.48. The maximum absolute atomic E-state index is 14.2. The van der Waals surface area contributed by atoms with Gasteiger partial charge >= 0.3 is 31.5 Å². The maximum atomic E-state index is 14.2. The smallest absolute Gasteiger partial charge is 0.496 e. The lowest BCUT2D eigenvalue weighted by Crippen LogP contribution is -2.52.